The van der Waals surface area contributed by atoms with Crippen molar-refractivity contribution in [3.8, 4) is 0 Å². The molecule has 2 atom stereocenters. The Morgan fingerprint density at radius 2 is 1.94 bits per heavy atom. The summed E-state index contributed by atoms with van der Waals surface area (Å²) in [6, 6.07) is 1.02. The first-order valence-electron chi connectivity index (χ1n) is 6.74. The van der Waals surface area contributed by atoms with Gasteiger partial charge in [0, 0.05) is 17.0 Å². The molecule has 0 aromatic carbocycles. The second-order valence-electron chi connectivity index (χ2n) is 4.97. The zero-order valence-corrected chi connectivity index (χ0v) is 12.7. The van der Waals surface area contributed by atoms with Gasteiger partial charge in [0.2, 0.25) is 0 Å². The zero-order valence-electron chi connectivity index (χ0n) is 11.8. The lowest BCUT2D eigenvalue weighted by molar-refractivity contribution is 0.442. The van der Waals surface area contributed by atoms with E-state index < -0.39 is 0 Å². The summed E-state index contributed by atoms with van der Waals surface area (Å²) in [5, 5.41) is 4.85. The normalized spacial score (nSPS) is 14.9. The number of nitrogens with zero attached hydrogens (tertiary/aromatic N) is 1. The van der Waals surface area contributed by atoms with Crippen LogP contribution in [-0.2, 0) is 0 Å². The monoisotopic (exact) mass is 254 g/mol. The summed E-state index contributed by atoms with van der Waals surface area (Å²) in [5.41, 5.74) is 1.19. The summed E-state index contributed by atoms with van der Waals surface area (Å²) in [5.74, 6) is 0. The van der Waals surface area contributed by atoms with Crippen LogP contribution in [0.25, 0.3) is 0 Å². The minimum atomic E-state index is 0.429. The minimum Gasteiger partial charge on any atom is -0.307 e. The molecule has 0 spiro atoms. The maximum Gasteiger partial charge on any atom is 0.0900 e. The van der Waals surface area contributed by atoms with E-state index in [9.17, 15) is 0 Å². The van der Waals surface area contributed by atoms with Gasteiger partial charge in [0.15, 0.2) is 0 Å². The van der Waals surface area contributed by atoms with Crippen LogP contribution < -0.4 is 5.32 Å². The van der Waals surface area contributed by atoms with Crippen LogP contribution >= 0.6 is 11.3 Å². The van der Waals surface area contributed by atoms with Crippen LogP contribution in [0.5, 0.6) is 0 Å². The summed E-state index contributed by atoms with van der Waals surface area (Å²) in [6.07, 6.45) is 5.25. The Morgan fingerprint density at radius 1 is 1.24 bits per heavy atom. The quantitative estimate of drug-likeness (QED) is 0.730. The molecule has 0 aliphatic carbocycles. The predicted octanol–water partition coefficient (Wildman–Crippen LogP) is 4.38. The van der Waals surface area contributed by atoms with E-state index in [1.54, 1.807) is 0 Å². The topological polar surface area (TPSA) is 24.9 Å². The molecule has 0 aliphatic rings. The Hall–Kier alpha value is -0.410. The molecule has 0 amide bonds. The number of unbranched alkanes of at least 4 members (excludes halogenated alkanes) is 2. The van der Waals surface area contributed by atoms with Gasteiger partial charge >= 0.3 is 0 Å². The number of nitrogens with one attached hydrogen (secondary N) is 1. The minimum absolute atomic E-state index is 0.429. The summed E-state index contributed by atoms with van der Waals surface area (Å²) in [7, 11) is 0. The Labute approximate surface area is 110 Å². The smallest absolute Gasteiger partial charge is 0.0900 e. The van der Waals surface area contributed by atoms with Crippen LogP contribution in [0.15, 0.2) is 0 Å². The molecule has 98 valence electrons. The van der Waals surface area contributed by atoms with E-state index in [0.29, 0.717) is 12.1 Å². The molecular formula is C14H26N2S. The van der Waals surface area contributed by atoms with Gasteiger partial charge in [0.1, 0.15) is 0 Å². The predicted molar refractivity (Wildman–Crippen MR) is 76.7 cm³/mol. The highest BCUT2D eigenvalue weighted by atomic mass is 32.1. The van der Waals surface area contributed by atoms with E-state index >= 15 is 0 Å². The van der Waals surface area contributed by atoms with Gasteiger partial charge in [-0.15, -0.1) is 11.3 Å². The van der Waals surface area contributed by atoms with Gasteiger partial charge in [-0.05, 0) is 34.1 Å². The molecule has 0 aliphatic heterocycles. The fourth-order valence-electron chi connectivity index (χ4n) is 2.24. The lowest BCUT2D eigenvalue weighted by atomic mass is 10.1. The molecule has 0 fully saturated rings. The molecule has 2 unspecified atom stereocenters. The van der Waals surface area contributed by atoms with Gasteiger partial charge in [-0.25, -0.2) is 4.98 Å². The standard InChI is InChI=1S/C14H26N2S/c1-6-7-8-9-10(2)15-11(3)14-12(4)16-13(5)17-14/h10-11,15H,6-9H2,1-5H3. The van der Waals surface area contributed by atoms with Crippen molar-refractivity contribution in [2.75, 3.05) is 0 Å². The largest absolute Gasteiger partial charge is 0.307 e. The van der Waals surface area contributed by atoms with Crippen molar-refractivity contribution in [3.05, 3.63) is 15.6 Å². The van der Waals surface area contributed by atoms with Crippen molar-refractivity contribution in [1.29, 1.82) is 0 Å². The third-order valence-corrected chi connectivity index (χ3v) is 4.36. The van der Waals surface area contributed by atoms with Crippen LogP contribution in [0, 0.1) is 13.8 Å². The lowest BCUT2D eigenvalue weighted by Gasteiger charge is -2.19. The first-order chi connectivity index (χ1) is 8.04. The molecular weight excluding hydrogens is 228 g/mol. The van der Waals surface area contributed by atoms with E-state index in [-0.39, 0.29) is 0 Å². The molecule has 1 aromatic heterocycles. The van der Waals surface area contributed by atoms with Gasteiger partial charge in [-0.3, -0.25) is 0 Å². The maximum absolute atomic E-state index is 4.49. The fourth-order valence-corrected chi connectivity index (χ4v) is 3.17. The highest BCUT2D eigenvalue weighted by molar-refractivity contribution is 7.11. The van der Waals surface area contributed by atoms with Crippen molar-refractivity contribution in [2.45, 2.75) is 72.4 Å². The van der Waals surface area contributed by atoms with Crippen LogP contribution in [0.1, 0.15) is 68.1 Å². The highest BCUT2D eigenvalue weighted by Crippen LogP contribution is 2.25. The van der Waals surface area contributed by atoms with Crippen molar-refractivity contribution in [3.63, 3.8) is 0 Å². The van der Waals surface area contributed by atoms with Gasteiger partial charge in [-0.2, -0.15) is 0 Å². The Kier molecular flexibility index (Phi) is 6.14. The molecule has 0 radical (unpaired) electrons. The average molecular weight is 254 g/mol. The number of hydrogen-bond donors (Lipinski definition) is 1. The molecule has 0 saturated heterocycles. The molecule has 17 heavy (non-hydrogen) atoms. The van der Waals surface area contributed by atoms with E-state index in [0.717, 1.165) is 0 Å². The molecule has 0 saturated carbocycles. The van der Waals surface area contributed by atoms with Crippen LogP contribution in [0.4, 0.5) is 0 Å². The Balaban J connectivity index is 2.43. The number of rotatable bonds is 7. The van der Waals surface area contributed by atoms with Crippen molar-refractivity contribution in [1.82, 2.24) is 10.3 Å². The van der Waals surface area contributed by atoms with E-state index in [4.69, 9.17) is 0 Å². The highest BCUT2D eigenvalue weighted by Gasteiger charge is 2.14. The SMILES string of the molecule is CCCCCC(C)NC(C)c1sc(C)nc1C. The maximum atomic E-state index is 4.49. The van der Waals surface area contributed by atoms with Crippen molar-refractivity contribution < 1.29 is 0 Å². The van der Waals surface area contributed by atoms with E-state index in [1.165, 1.54) is 41.3 Å². The molecule has 1 aromatic rings. The number of hydrogen-bond acceptors (Lipinski definition) is 3. The second-order valence-corrected chi connectivity index (χ2v) is 6.20. The van der Waals surface area contributed by atoms with Crippen LogP contribution in [-0.4, -0.2) is 11.0 Å². The van der Waals surface area contributed by atoms with Gasteiger partial charge in [0.25, 0.3) is 0 Å². The average Bonchev–Trinajstić information content (AvgIpc) is 2.58. The number of aryl methyl sites for hydroxylation is 2. The molecule has 2 nitrogen and oxygen atoms in total. The Morgan fingerprint density at radius 3 is 2.47 bits per heavy atom. The lowest BCUT2D eigenvalue weighted by Crippen LogP contribution is -2.28. The van der Waals surface area contributed by atoms with E-state index in [1.807, 2.05) is 11.3 Å². The van der Waals surface area contributed by atoms with Gasteiger partial charge < -0.3 is 5.32 Å². The summed E-state index contributed by atoms with van der Waals surface area (Å²) < 4.78 is 0. The third kappa shape index (κ3) is 4.76. The molecule has 1 rings (SSSR count). The number of aromatic nitrogens is 1. The summed E-state index contributed by atoms with van der Waals surface area (Å²) >= 11 is 1.82. The van der Waals surface area contributed by atoms with Crippen molar-refractivity contribution >= 4 is 11.3 Å². The molecule has 1 N–H and O–H groups in total. The third-order valence-electron chi connectivity index (χ3n) is 3.11. The van der Waals surface area contributed by atoms with Crippen molar-refractivity contribution in [2.24, 2.45) is 0 Å². The number of thiazole rings is 1. The fraction of sp³-hybridized carbons (Fsp3) is 0.786. The summed E-state index contributed by atoms with van der Waals surface area (Å²) in [6.45, 7) is 11.0. The molecule has 0 bridgehead atoms. The first kappa shape index (κ1) is 14.7. The Bertz CT molecular complexity index is 333. The molecule has 3 heteroatoms. The van der Waals surface area contributed by atoms with Gasteiger partial charge in [-0.1, -0.05) is 26.2 Å². The molecule has 1 heterocycles. The zero-order chi connectivity index (χ0) is 12.8. The van der Waals surface area contributed by atoms with E-state index in [2.05, 4.69) is 44.9 Å². The first-order valence-corrected chi connectivity index (χ1v) is 7.56. The summed E-state index contributed by atoms with van der Waals surface area (Å²) in [4.78, 5) is 5.89. The van der Waals surface area contributed by atoms with Crippen LogP contribution in [0.2, 0.25) is 0 Å². The van der Waals surface area contributed by atoms with Crippen LogP contribution in [0.3, 0.4) is 0 Å². The second kappa shape index (κ2) is 7.12. The van der Waals surface area contributed by atoms with Gasteiger partial charge in [0.05, 0.1) is 10.7 Å².